The van der Waals surface area contributed by atoms with Gasteiger partial charge in [-0.3, -0.25) is 0 Å². The number of aliphatic hydroxyl groups is 2. The molecule has 3 heteroatoms. The topological polar surface area (TPSA) is 49.7 Å². The van der Waals surface area contributed by atoms with E-state index in [0.29, 0.717) is 0 Å². The average Bonchev–Trinajstić information content (AvgIpc) is 2.39. The molecule has 1 unspecified atom stereocenters. The number of allylic oxidation sites excluding steroid dienone is 3. The van der Waals surface area contributed by atoms with E-state index in [-0.39, 0.29) is 13.2 Å². The minimum Gasteiger partial charge on any atom is -0.498 e. The molecule has 0 saturated heterocycles. The van der Waals surface area contributed by atoms with Gasteiger partial charge in [-0.1, -0.05) is 44.1 Å². The molecule has 1 atom stereocenters. The molecule has 18 heavy (non-hydrogen) atoms. The Hall–Kier alpha value is -1.24. The lowest BCUT2D eigenvalue weighted by Gasteiger charge is -2.04. The van der Waals surface area contributed by atoms with E-state index in [0.717, 1.165) is 6.42 Å². The molecule has 0 aliphatic rings. The van der Waals surface area contributed by atoms with Crippen LogP contribution in [0.5, 0.6) is 0 Å². The van der Waals surface area contributed by atoms with Gasteiger partial charge in [0.05, 0.1) is 12.9 Å². The van der Waals surface area contributed by atoms with E-state index >= 15 is 0 Å². The number of aliphatic hydroxyl groups excluding tert-OH is 2. The maximum atomic E-state index is 8.96. The number of ether oxygens (including phenoxy) is 1. The predicted octanol–water partition coefficient (Wildman–Crippen LogP) is 2.40. The summed E-state index contributed by atoms with van der Waals surface area (Å²) in [4.78, 5) is 0. The lowest BCUT2D eigenvalue weighted by atomic mass is 10.1. The van der Waals surface area contributed by atoms with Crippen molar-refractivity contribution in [3.63, 3.8) is 0 Å². The Bertz CT molecular complexity index is 284. The zero-order valence-corrected chi connectivity index (χ0v) is 11.1. The molecule has 0 aromatic carbocycles. The highest BCUT2D eigenvalue weighted by Gasteiger charge is 1.98. The predicted molar refractivity (Wildman–Crippen MR) is 73.9 cm³/mol. The second kappa shape index (κ2) is 13.8. The first kappa shape index (κ1) is 16.8. The fourth-order valence-electron chi connectivity index (χ4n) is 1.23. The third-order valence-electron chi connectivity index (χ3n) is 2.26. The first-order valence-corrected chi connectivity index (χ1v) is 6.52. The fraction of sp³-hybridized carbons (Fsp3) is 0.600. The van der Waals surface area contributed by atoms with Gasteiger partial charge in [0.1, 0.15) is 12.7 Å². The molecule has 0 aromatic rings. The van der Waals surface area contributed by atoms with Gasteiger partial charge in [0.15, 0.2) is 0 Å². The van der Waals surface area contributed by atoms with Crippen LogP contribution in [0.4, 0.5) is 0 Å². The summed E-state index contributed by atoms with van der Waals surface area (Å²) in [5.41, 5.74) is 0. The van der Waals surface area contributed by atoms with E-state index in [9.17, 15) is 0 Å². The van der Waals surface area contributed by atoms with Gasteiger partial charge in [-0.05, 0) is 18.9 Å². The highest BCUT2D eigenvalue weighted by Crippen LogP contribution is 2.02. The van der Waals surface area contributed by atoms with E-state index in [1.54, 1.807) is 6.08 Å². The van der Waals surface area contributed by atoms with Crippen molar-refractivity contribution in [2.45, 2.75) is 45.1 Å². The minimum absolute atomic E-state index is 0.0853. The third kappa shape index (κ3) is 12.8. The Kier molecular flexibility index (Phi) is 12.9. The molecule has 0 aliphatic heterocycles. The SMILES string of the molecule is CCCCCC/C=C\C#C/C=C\OCC(O)CO. The molecule has 0 spiro atoms. The highest BCUT2D eigenvalue weighted by molar-refractivity contribution is 5.22. The summed E-state index contributed by atoms with van der Waals surface area (Å²) in [5.74, 6) is 5.66. The molecule has 0 bridgehead atoms. The zero-order valence-electron chi connectivity index (χ0n) is 11.1. The first-order chi connectivity index (χ1) is 8.81. The quantitative estimate of drug-likeness (QED) is 0.376. The Morgan fingerprint density at radius 1 is 1.17 bits per heavy atom. The molecule has 0 aromatic heterocycles. The number of rotatable bonds is 9. The molecule has 0 heterocycles. The maximum absolute atomic E-state index is 8.96. The second-order valence-electron chi connectivity index (χ2n) is 4.01. The van der Waals surface area contributed by atoms with Crippen molar-refractivity contribution in [1.82, 2.24) is 0 Å². The third-order valence-corrected chi connectivity index (χ3v) is 2.26. The Morgan fingerprint density at radius 2 is 1.94 bits per heavy atom. The van der Waals surface area contributed by atoms with Gasteiger partial charge in [0, 0.05) is 6.08 Å². The van der Waals surface area contributed by atoms with Gasteiger partial charge in [-0.15, -0.1) is 0 Å². The van der Waals surface area contributed by atoms with Crippen molar-refractivity contribution < 1.29 is 14.9 Å². The summed E-state index contributed by atoms with van der Waals surface area (Å²) in [6.45, 7) is 2.00. The van der Waals surface area contributed by atoms with Crippen molar-refractivity contribution >= 4 is 0 Å². The molecular formula is C15H24O3. The van der Waals surface area contributed by atoms with Crippen molar-refractivity contribution in [1.29, 1.82) is 0 Å². The van der Waals surface area contributed by atoms with Gasteiger partial charge in [0.25, 0.3) is 0 Å². The normalized spacial score (nSPS) is 12.6. The van der Waals surface area contributed by atoms with Crippen molar-refractivity contribution in [2.24, 2.45) is 0 Å². The standard InChI is InChI=1S/C15H24O3/c1-2-3-4-5-6-7-8-9-10-11-12-18-14-15(17)13-16/h7-8,11-12,15-17H,2-6,13-14H2,1H3/b8-7-,12-11-. The lowest BCUT2D eigenvalue weighted by molar-refractivity contribution is 0.0385. The number of hydrogen-bond donors (Lipinski definition) is 2. The van der Waals surface area contributed by atoms with Gasteiger partial charge in [-0.2, -0.15) is 0 Å². The van der Waals surface area contributed by atoms with Crippen molar-refractivity contribution in [3.05, 3.63) is 24.5 Å². The molecule has 0 fully saturated rings. The summed E-state index contributed by atoms with van der Waals surface area (Å²) in [6.07, 6.45) is 12.2. The Balaban J connectivity index is 3.47. The first-order valence-electron chi connectivity index (χ1n) is 6.52. The van der Waals surface area contributed by atoms with Crippen molar-refractivity contribution in [2.75, 3.05) is 13.2 Å². The molecule has 0 rings (SSSR count). The summed E-state index contributed by atoms with van der Waals surface area (Å²) < 4.78 is 4.94. The van der Waals surface area contributed by atoms with Gasteiger partial charge >= 0.3 is 0 Å². The van der Waals surface area contributed by atoms with E-state index < -0.39 is 6.10 Å². The molecule has 3 nitrogen and oxygen atoms in total. The molecule has 0 radical (unpaired) electrons. The fourth-order valence-corrected chi connectivity index (χ4v) is 1.23. The maximum Gasteiger partial charge on any atom is 0.115 e. The lowest BCUT2D eigenvalue weighted by Crippen LogP contribution is -2.17. The summed E-state index contributed by atoms with van der Waals surface area (Å²) >= 11 is 0. The number of unbranched alkanes of at least 4 members (excludes halogenated alkanes) is 4. The zero-order chi connectivity index (χ0) is 13.5. The van der Waals surface area contributed by atoms with Gasteiger partial charge in [-0.25, -0.2) is 0 Å². The number of hydrogen-bond acceptors (Lipinski definition) is 3. The molecule has 0 amide bonds. The molecule has 0 aliphatic carbocycles. The Labute approximate surface area is 110 Å². The van der Waals surface area contributed by atoms with Crippen LogP contribution in [0.25, 0.3) is 0 Å². The summed E-state index contributed by atoms with van der Waals surface area (Å²) in [5, 5.41) is 17.5. The average molecular weight is 252 g/mol. The smallest absolute Gasteiger partial charge is 0.115 e. The summed E-state index contributed by atoms with van der Waals surface area (Å²) in [7, 11) is 0. The van der Waals surface area contributed by atoms with E-state index in [2.05, 4.69) is 24.8 Å². The highest BCUT2D eigenvalue weighted by atomic mass is 16.5. The van der Waals surface area contributed by atoms with Crippen LogP contribution in [0.1, 0.15) is 39.0 Å². The van der Waals surface area contributed by atoms with E-state index in [1.165, 1.54) is 31.9 Å². The second-order valence-corrected chi connectivity index (χ2v) is 4.01. The minimum atomic E-state index is -0.828. The largest absolute Gasteiger partial charge is 0.498 e. The molecule has 0 saturated carbocycles. The van der Waals surface area contributed by atoms with Crippen LogP contribution in [0.3, 0.4) is 0 Å². The van der Waals surface area contributed by atoms with E-state index in [1.807, 2.05) is 6.08 Å². The van der Waals surface area contributed by atoms with Crippen LogP contribution in [-0.2, 0) is 4.74 Å². The monoisotopic (exact) mass is 252 g/mol. The van der Waals surface area contributed by atoms with Crippen LogP contribution in [0.15, 0.2) is 24.5 Å². The summed E-state index contributed by atoms with van der Waals surface area (Å²) in [6, 6.07) is 0. The van der Waals surface area contributed by atoms with Crippen molar-refractivity contribution in [3.8, 4) is 11.8 Å². The van der Waals surface area contributed by atoms with E-state index in [4.69, 9.17) is 14.9 Å². The van der Waals surface area contributed by atoms with Gasteiger partial charge < -0.3 is 14.9 Å². The molecule has 2 N–H and O–H groups in total. The van der Waals surface area contributed by atoms with Crippen LogP contribution >= 0.6 is 0 Å². The van der Waals surface area contributed by atoms with Crippen LogP contribution in [0, 0.1) is 11.8 Å². The van der Waals surface area contributed by atoms with Crippen LogP contribution < -0.4 is 0 Å². The van der Waals surface area contributed by atoms with Crippen LogP contribution in [-0.4, -0.2) is 29.5 Å². The van der Waals surface area contributed by atoms with Gasteiger partial charge in [0.2, 0.25) is 0 Å². The molecular weight excluding hydrogens is 228 g/mol. The molecule has 102 valence electrons. The van der Waals surface area contributed by atoms with Crippen LogP contribution in [0.2, 0.25) is 0 Å². The Morgan fingerprint density at radius 3 is 2.67 bits per heavy atom.